The van der Waals surface area contributed by atoms with Gasteiger partial charge in [0.15, 0.2) is 0 Å². The second-order valence-corrected chi connectivity index (χ2v) is 6.92. The lowest BCUT2D eigenvalue weighted by Gasteiger charge is -2.28. The number of nitrogens with zero attached hydrogens (tertiary/aromatic N) is 2. The van der Waals surface area contributed by atoms with Crippen molar-refractivity contribution in [1.29, 1.82) is 0 Å². The van der Waals surface area contributed by atoms with Crippen LogP contribution in [0, 0.1) is 5.92 Å². The highest BCUT2D eigenvalue weighted by molar-refractivity contribution is 6.31. The predicted molar refractivity (Wildman–Crippen MR) is 98.0 cm³/mol. The van der Waals surface area contributed by atoms with Gasteiger partial charge in [-0.2, -0.15) is 0 Å². The van der Waals surface area contributed by atoms with E-state index in [2.05, 4.69) is 19.2 Å². The smallest absolute Gasteiger partial charge is 0.318 e. The van der Waals surface area contributed by atoms with Crippen LogP contribution in [0.2, 0.25) is 5.02 Å². The maximum Gasteiger partial charge on any atom is 0.318 e. The first kappa shape index (κ1) is 20.3. The largest absolute Gasteiger partial charge is 0.347 e. The molecule has 0 aliphatic heterocycles. The molecule has 3 amide bonds. The molecular formula is C18H28ClN3O2. The van der Waals surface area contributed by atoms with Gasteiger partial charge < -0.3 is 15.1 Å². The van der Waals surface area contributed by atoms with Crippen molar-refractivity contribution in [2.24, 2.45) is 5.92 Å². The number of carbonyl (C=O) groups excluding carboxylic acids is 2. The first-order valence-corrected chi connectivity index (χ1v) is 8.64. The summed E-state index contributed by atoms with van der Waals surface area (Å²) < 4.78 is 0. The summed E-state index contributed by atoms with van der Waals surface area (Å²) in [5, 5.41) is 3.48. The number of hydrogen-bond acceptors (Lipinski definition) is 2. The summed E-state index contributed by atoms with van der Waals surface area (Å²) in [6.07, 6.45) is 0.546. The lowest BCUT2D eigenvalue weighted by Crippen LogP contribution is -2.51. The third-order valence-corrected chi connectivity index (χ3v) is 4.01. The van der Waals surface area contributed by atoms with Crippen LogP contribution in [0.25, 0.3) is 0 Å². The van der Waals surface area contributed by atoms with Crippen LogP contribution in [-0.2, 0) is 11.3 Å². The van der Waals surface area contributed by atoms with E-state index >= 15 is 0 Å². The Labute approximate surface area is 150 Å². The van der Waals surface area contributed by atoms with Crippen LogP contribution in [0.5, 0.6) is 0 Å². The molecule has 5 nitrogen and oxygen atoms in total. The van der Waals surface area contributed by atoms with E-state index in [1.807, 2.05) is 31.2 Å². The molecule has 0 fully saturated rings. The van der Waals surface area contributed by atoms with Gasteiger partial charge in [0.05, 0.1) is 0 Å². The molecule has 0 radical (unpaired) electrons. The van der Waals surface area contributed by atoms with Crippen molar-refractivity contribution in [1.82, 2.24) is 15.1 Å². The average Bonchev–Trinajstić information content (AvgIpc) is 2.52. The van der Waals surface area contributed by atoms with Gasteiger partial charge in [0, 0.05) is 32.2 Å². The fourth-order valence-electron chi connectivity index (χ4n) is 2.38. The van der Waals surface area contributed by atoms with Crippen LogP contribution < -0.4 is 5.32 Å². The second-order valence-electron chi connectivity index (χ2n) is 6.51. The Balaban J connectivity index is 2.88. The molecule has 1 atom stereocenters. The van der Waals surface area contributed by atoms with Crippen molar-refractivity contribution in [2.45, 2.75) is 39.8 Å². The second kappa shape index (κ2) is 9.52. The molecule has 0 saturated heterocycles. The van der Waals surface area contributed by atoms with Gasteiger partial charge in [-0.25, -0.2) is 4.79 Å². The summed E-state index contributed by atoms with van der Waals surface area (Å²) in [6.45, 7) is 6.98. The van der Waals surface area contributed by atoms with Crippen molar-refractivity contribution in [3.8, 4) is 0 Å². The molecule has 1 unspecified atom stereocenters. The van der Waals surface area contributed by atoms with Crippen LogP contribution in [0.4, 0.5) is 4.79 Å². The zero-order valence-corrected chi connectivity index (χ0v) is 15.9. The van der Waals surface area contributed by atoms with E-state index in [1.165, 1.54) is 4.90 Å². The monoisotopic (exact) mass is 353 g/mol. The number of rotatable bonds is 7. The Morgan fingerprint density at radius 3 is 2.33 bits per heavy atom. The molecule has 0 aliphatic carbocycles. The zero-order chi connectivity index (χ0) is 18.3. The van der Waals surface area contributed by atoms with E-state index in [0.29, 0.717) is 30.5 Å². The summed E-state index contributed by atoms with van der Waals surface area (Å²) in [6, 6.07) is 6.72. The van der Waals surface area contributed by atoms with Gasteiger partial charge >= 0.3 is 6.03 Å². The summed E-state index contributed by atoms with van der Waals surface area (Å²) in [4.78, 5) is 28.0. The molecule has 1 N–H and O–H groups in total. The van der Waals surface area contributed by atoms with Gasteiger partial charge in [0.25, 0.3) is 0 Å². The van der Waals surface area contributed by atoms with Crippen molar-refractivity contribution in [2.75, 3.05) is 20.6 Å². The fraction of sp³-hybridized carbons (Fsp3) is 0.556. The number of amides is 3. The molecule has 6 heteroatoms. The SMILES string of the molecule is CCC(NC(=O)N(Cc1ccccc1Cl)CC(C)C)C(=O)N(C)C. The van der Waals surface area contributed by atoms with E-state index in [-0.39, 0.29) is 11.9 Å². The summed E-state index contributed by atoms with van der Waals surface area (Å²) in [7, 11) is 3.37. The minimum Gasteiger partial charge on any atom is -0.347 e. The van der Waals surface area contributed by atoms with E-state index in [0.717, 1.165) is 5.56 Å². The summed E-state index contributed by atoms with van der Waals surface area (Å²) in [5.74, 6) is 0.205. The molecule has 1 aromatic rings. The molecule has 0 saturated carbocycles. The zero-order valence-electron chi connectivity index (χ0n) is 15.2. The molecule has 134 valence electrons. The van der Waals surface area contributed by atoms with Crippen molar-refractivity contribution >= 4 is 23.5 Å². The number of hydrogen-bond donors (Lipinski definition) is 1. The van der Waals surface area contributed by atoms with E-state index in [9.17, 15) is 9.59 Å². The van der Waals surface area contributed by atoms with E-state index in [1.54, 1.807) is 19.0 Å². The van der Waals surface area contributed by atoms with Crippen molar-refractivity contribution in [3.63, 3.8) is 0 Å². The minimum atomic E-state index is -0.520. The molecule has 0 aliphatic rings. The first-order chi connectivity index (χ1) is 11.3. The maximum atomic E-state index is 12.7. The highest BCUT2D eigenvalue weighted by Crippen LogP contribution is 2.18. The molecule has 0 bridgehead atoms. The predicted octanol–water partition coefficient (Wildman–Crippen LogP) is 3.37. The van der Waals surface area contributed by atoms with Gasteiger partial charge in [-0.1, -0.05) is 50.6 Å². The first-order valence-electron chi connectivity index (χ1n) is 8.26. The minimum absolute atomic E-state index is 0.104. The number of urea groups is 1. The molecule has 0 heterocycles. The van der Waals surface area contributed by atoms with E-state index in [4.69, 9.17) is 11.6 Å². The van der Waals surface area contributed by atoms with Crippen molar-refractivity contribution < 1.29 is 9.59 Å². The van der Waals surface area contributed by atoms with Crippen LogP contribution in [-0.4, -0.2) is 48.4 Å². The van der Waals surface area contributed by atoms with Crippen LogP contribution in [0.1, 0.15) is 32.8 Å². The Kier molecular flexibility index (Phi) is 8.05. The Hall–Kier alpha value is -1.75. The van der Waals surface area contributed by atoms with Gasteiger partial charge in [0.1, 0.15) is 6.04 Å². The highest BCUT2D eigenvalue weighted by atomic mass is 35.5. The number of benzene rings is 1. The highest BCUT2D eigenvalue weighted by Gasteiger charge is 2.24. The summed E-state index contributed by atoms with van der Waals surface area (Å²) in [5.41, 5.74) is 0.891. The third-order valence-electron chi connectivity index (χ3n) is 3.64. The standard InChI is InChI=1S/C18H28ClN3O2/c1-6-16(17(23)21(4)5)20-18(24)22(11-13(2)3)12-14-9-7-8-10-15(14)19/h7-10,13,16H,6,11-12H2,1-5H3,(H,20,24). The van der Waals surface area contributed by atoms with Crippen LogP contribution in [0.3, 0.4) is 0 Å². The average molecular weight is 354 g/mol. The molecule has 24 heavy (non-hydrogen) atoms. The lowest BCUT2D eigenvalue weighted by molar-refractivity contribution is -0.130. The van der Waals surface area contributed by atoms with Gasteiger partial charge in [-0.05, 0) is 24.0 Å². The number of carbonyl (C=O) groups is 2. The lowest BCUT2D eigenvalue weighted by atomic mass is 10.1. The third kappa shape index (κ3) is 6.04. The molecule has 1 rings (SSSR count). The maximum absolute atomic E-state index is 12.7. The fourth-order valence-corrected chi connectivity index (χ4v) is 2.58. The van der Waals surface area contributed by atoms with Crippen molar-refractivity contribution in [3.05, 3.63) is 34.9 Å². The quantitative estimate of drug-likeness (QED) is 0.817. The van der Waals surface area contributed by atoms with Crippen LogP contribution >= 0.6 is 11.6 Å². The van der Waals surface area contributed by atoms with Gasteiger partial charge in [-0.15, -0.1) is 0 Å². The number of nitrogens with one attached hydrogen (secondary N) is 1. The van der Waals surface area contributed by atoms with Gasteiger partial charge in [0.2, 0.25) is 5.91 Å². The summed E-state index contributed by atoms with van der Waals surface area (Å²) >= 11 is 6.22. The Bertz CT molecular complexity index is 561. The molecule has 1 aromatic carbocycles. The Morgan fingerprint density at radius 2 is 1.83 bits per heavy atom. The molecular weight excluding hydrogens is 326 g/mol. The number of halogens is 1. The van der Waals surface area contributed by atoms with E-state index < -0.39 is 6.04 Å². The normalized spacial score (nSPS) is 12.0. The van der Waals surface area contributed by atoms with Gasteiger partial charge in [-0.3, -0.25) is 4.79 Å². The Morgan fingerprint density at radius 1 is 1.21 bits per heavy atom. The number of likely N-dealkylation sites (N-methyl/N-ethyl adjacent to an activating group) is 1. The molecule has 0 spiro atoms. The topological polar surface area (TPSA) is 52.7 Å². The van der Waals surface area contributed by atoms with Crippen LogP contribution in [0.15, 0.2) is 24.3 Å². The molecule has 0 aromatic heterocycles.